The van der Waals surface area contributed by atoms with Gasteiger partial charge in [0.15, 0.2) is 0 Å². The summed E-state index contributed by atoms with van der Waals surface area (Å²) in [5.41, 5.74) is 1.44. The van der Waals surface area contributed by atoms with E-state index in [1.54, 1.807) is 30.3 Å². The zero-order chi connectivity index (χ0) is 36.3. The van der Waals surface area contributed by atoms with E-state index >= 15 is 0 Å². The Morgan fingerprint density at radius 1 is 1.00 bits per heavy atom. The van der Waals surface area contributed by atoms with Crippen molar-refractivity contribution < 1.29 is 54.9 Å². The molecule has 3 aromatic rings. The van der Waals surface area contributed by atoms with Crippen molar-refractivity contribution in [2.45, 2.75) is 74.6 Å². The highest BCUT2D eigenvalue weighted by molar-refractivity contribution is 5.80. The lowest BCUT2D eigenvalue weighted by atomic mass is 9.74. The Hall–Kier alpha value is -4.64. The van der Waals surface area contributed by atoms with E-state index in [0.717, 1.165) is 0 Å². The molecule has 2 fully saturated rings. The van der Waals surface area contributed by atoms with Crippen LogP contribution in [0.15, 0.2) is 61.1 Å². The predicted molar refractivity (Wildman–Crippen MR) is 163 cm³/mol. The van der Waals surface area contributed by atoms with E-state index in [1.807, 2.05) is 0 Å². The predicted octanol–water partition coefficient (Wildman–Crippen LogP) is 5.37. The third-order valence-corrected chi connectivity index (χ3v) is 9.09. The maximum Gasteiger partial charge on any atom is 0.416 e. The van der Waals surface area contributed by atoms with Crippen LogP contribution in [0.1, 0.15) is 66.7 Å². The molecular weight excluding hydrogens is 676 g/mol. The smallest absolute Gasteiger partial charge is 0.416 e. The van der Waals surface area contributed by atoms with Gasteiger partial charge in [-0.3, -0.25) is 14.5 Å². The minimum atomic E-state index is -5.06. The summed E-state index contributed by atoms with van der Waals surface area (Å²) in [7, 11) is 0. The van der Waals surface area contributed by atoms with Gasteiger partial charge < -0.3 is 30.2 Å². The first kappa shape index (κ1) is 36.6. The molecule has 2 amide bonds. The van der Waals surface area contributed by atoms with Crippen LogP contribution in [0.3, 0.4) is 0 Å². The molecule has 4 atom stereocenters. The number of halogens is 6. The van der Waals surface area contributed by atoms with Crippen molar-refractivity contribution in [2.75, 3.05) is 19.9 Å². The summed E-state index contributed by atoms with van der Waals surface area (Å²) < 4.78 is 98.2. The number of piperidine rings is 1. The minimum absolute atomic E-state index is 0.0346. The number of nitrogens with zero attached hydrogens (tertiary/aromatic N) is 2. The molecule has 4 N–H and O–H groups in total. The summed E-state index contributed by atoms with van der Waals surface area (Å²) in [6.45, 7) is 0.0181. The maximum absolute atomic E-state index is 13.9. The lowest BCUT2D eigenvalue weighted by Gasteiger charge is -2.52. The van der Waals surface area contributed by atoms with Crippen LogP contribution in [0, 0.1) is 0 Å². The average Bonchev–Trinajstić information content (AvgIpc) is 3.72. The Kier molecular flexibility index (Phi) is 10.5. The molecule has 11 nitrogen and oxygen atoms in total. The molecule has 3 heterocycles. The number of carbonyl (C=O) groups excluding carboxylic acids is 3. The summed E-state index contributed by atoms with van der Waals surface area (Å²) in [6.07, 6.45) is -8.31. The van der Waals surface area contributed by atoms with Gasteiger partial charge in [-0.2, -0.15) is 26.3 Å². The number of hydrogen-bond donors (Lipinski definition) is 3. The van der Waals surface area contributed by atoms with Crippen LogP contribution >= 0.6 is 0 Å². The lowest BCUT2D eigenvalue weighted by molar-refractivity contribution is -0.155. The van der Waals surface area contributed by atoms with Gasteiger partial charge in [0.1, 0.15) is 6.04 Å². The molecule has 5 rings (SSSR count). The van der Waals surface area contributed by atoms with Gasteiger partial charge in [-0.05, 0) is 55.5 Å². The number of aromatic nitrogens is 2. The van der Waals surface area contributed by atoms with Gasteiger partial charge in [0.2, 0.25) is 12.7 Å². The Labute approximate surface area is 282 Å². The maximum atomic E-state index is 13.9. The highest BCUT2D eigenvalue weighted by Gasteiger charge is 2.54. The molecule has 0 saturated carbocycles. The van der Waals surface area contributed by atoms with E-state index in [1.165, 1.54) is 24.3 Å². The summed E-state index contributed by atoms with van der Waals surface area (Å²) in [4.78, 5) is 46.7. The highest BCUT2D eigenvalue weighted by Crippen LogP contribution is 2.45. The van der Waals surface area contributed by atoms with Crippen LogP contribution in [0.2, 0.25) is 0 Å². The van der Waals surface area contributed by atoms with Crippen molar-refractivity contribution in [1.82, 2.24) is 20.2 Å². The number of imidazole rings is 1. The molecule has 2 aromatic carbocycles. The molecule has 2 aliphatic heterocycles. The number of alkyl halides is 6. The quantitative estimate of drug-likeness (QED) is 0.144. The zero-order valence-corrected chi connectivity index (χ0v) is 26.8. The molecule has 1 spiro atoms. The molecule has 2 saturated heterocycles. The molecule has 0 bridgehead atoms. The topological polar surface area (TPSA) is 149 Å². The number of amides is 2. The summed E-state index contributed by atoms with van der Waals surface area (Å²) in [5.74, 6) is -1.09. The fourth-order valence-electron chi connectivity index (χ4n) is 6.33. The van der Waals surface area contributed by atoms with Crippen molar-refractivity contribution in [2.24, 2.45) is 5.73 Å². The van der Waals surface area contributed by atoms with Crippen LogP contribution < -0.4 is 11.1 Å². The standard InChI is InChI=1S/C33H35F6N5O6/c1-20(21-11-23(32(34,35)36)13-24(12-21)33(37,38)39)48-17-31(22-5-3-2-4-6-22)10-9-30(8-7-27(45)43-30)16-44(31)29(47)50-19-49-28(46)26(40)14-25-15-41-18-42-25/h2-6,11-13,15,18,20,26H,7-10,14,16-17,19,40H2,1H3,(H,41,42)(H,43,45)/t20-,26?,30-,31-/m1/s1. The Balaban J connectivity index is 1.41. The van der Waals surface area contributed by atoms with E-state index < -0.39 is 65.6 Å². The average molecular weight is 712 g/mol. The first-order valence-electron chi connectivity index (χ1n) is 15.6. The van der Waals surface area contributed by atoms with Crippen LogP contribution in [-0.4, -0.2) is 64.4 Å². The summed E-state index contributed by atoms with van der Waals surface area (Å²) in [5, 5.41) is 2.93. The fourth-order valence-corrected chi connectivity index (χ4v) is 6.33. The van der Waals surface area contributed by atoms with Gasteiger partial charge >= 0.3 is 24.4 Å². The van der Waals surface area contributed by atoms with Gasteiger partial charge in [0.05, 0.1) is 41.2 Å². The zero-order valence-electron chi connectivity index (χ0n) is 26.8. The molecule has 270 valence electrons. The third kappa shape index (κ3) is 8.21. The van der Waals surface area contributed by atoms with Crippen molar-refractivity contribution in [3.05, 3.63) is 89.0 Å². The monoisotopic (exact) mass is 711 g/mol. The van der Waals surface area contributed by atoms with Crippen molar-refractivity contribution in [1.29, 1.82) is 0 Å². The van der Waals surface area contributed by atoms with Gasteiger partial charge in [-0.15, -0.1) is 0 Å². The molecule has 1 aromatic heterocycles. The van der Waals surface area contributed by atoms with Crippen molar-refractivity contribution in [3.8, 4) is 0 Å². The van der Waals surface area contributed by atoms with Crippen LogP contribution in [0.5, 0.6) is 0 Å². The molecular formula is C33H35F6N5O6. The van der Waals surface area contributed by atoms with Gasteiger partial charge in [-0.25, -0.2) is 9.78 Å². The first-order chi connectivity index (χ1) is 23.5. The number of aromatic amines is 1. The Bertz CT molecular complexity index is 1640. The largest absolute Gasteiger partial charge is 0.427 e. The number of carbonyl (C=O) groups is 3. The third-order valence-electron chi connectivity index (χ3n) is 9.09. The number of hydrogen-bond acceptors (Lipinski definition) is 8. The van der Waals surface area contributed by atoms with Gasteiger partial charge in [0, 0.05) is 31.3 Å². The van der Waals surface area contributed by atoms with Gasteiger partial charge in [-0.1, -0.05) is 30.3 Å². The summed E-state index contributed by atoms with van der Waals surface area (Å²) >= 11 is 0. The van der Waals surface area contributed by atoms with Crippen LogP contribution in [0.4, 0.5) is 31.1 Å². The van der Waals surface area contributed by atoms with Crippen LogP contribution in [-0.2, 0) is 48.1 Å². The number of esters is 1. The van der Waals surface area contributed by atoms with E-state index in [4.69, 9.17) is 19.9 Å². The Morgan fingerprint density at radius 2 is 1.68 bits per heavy atom. The van der Waals surface area contributed by atoms with Gasteiger partial charge in [0.25, 0.3) is 0 Å². The second-order valence-corrected chi connectivity index (χ2v) is 12.5. The molecule has 50 heavy (non-hydrogen) atoms. The molecule has 17 heteroatoms. The van der Waals surface area contributed by atoms with E-state index in [0.29, 0.717) is 36.2 Å². The van der Waals surface area contributed by atoms with E-state index in [2.05, 4.69) is 15.3 Å². The number of H-pyrrole nitrogens is 1. The second-order valence-electron chi connectivity index (χ2n) is 12.5. The minimum Gasteiger partial charge on any atom is -0.427 e. The molecule has 2 aliphatic rings. The number of ether oxygens (including phenoxy) is 3. The van der Waals surface area contributed by atoms with Crippen LogP contribution in [0.25, 0.3) is 0 Å². The first-order valence-corrected chi connectivity index (χ1v) is 15.6. The fraction of sp³-hybridized carbons (Fsp3) is 0.455. The van der Waals surface area contributed by atoms with E-state index in [-0.39, 0.29) is 50.0 Å². The molecule has 0 aliphatic carbocycles. The van der Waals surface area contributed by atoms with E-state index in [9.17, 15) is 40.7 Å². The lowest BCUT2D eigenvalue weighted by Crippen LogP contribution is -2.65. The molecule has 0 radical (unpaired) electrons. The number of likely N-dealkylation sites (tertiary alicyclic amines) is 1. The number of rotatable bonds is 10. The SMILES string of the molecule is C[C@@H](OC[C@@]1(c2ccccc2)CC[C@]2(CCC(=O)N2)CN1C(=O)OCOC(=O)C(N)Cc1cnc[nH]1)c1cc(C(F)(F)F)cc(C(F)(F)F)c1. The number of nitrogens with two attached hydrogens (primary N) is 1. The number of benzene rings is 2. The Morgan fingerprint density at radius 3 is 2.26 bits per heavy atom. The number of nitrogens with one attached hydrogen (secondary N) is 2. The second kappa shape index (κ2) is 14.3. The highest BCUT2D eigenvalue weighted by atomic mass is 19.4. The summed E-state index contributed by atoms with van der Waals surface area (Å²) in [6, 6.07) is 8.61. The van der Waals surface area contributed by atoms with Crippen molar-refractivity contribution >= 4 is 18.0 Å². The molecule has 1 unspecified atom stereocenters. The normalized spacial score (nSPS) is 22.2. The van der Waals surface area contributed by atoms with Crippen molar-refractivity contribution in [3.63, 3.8) is 0 Å².